The molecule has 0 aliphatic heterocycles. The van der Waals surface area contributed by atoms with Crippen LogP contribution >= 0.6 is 0 Å². The number of rotatable bonds is 4. The normalized spacial score (nSPS) is 50.8. The van der Waals surface area contributed by atoms with E-state index in [0.29, 0.717) is 23.8 Å². The van der Waals surface area contributed by atoms with Gasteiger partial charge in [-0.25, -0.2) is 0 Å². The van der Waals surface area contributed by atoms with Crippen LogP contribution in [0.1, 0.15) is 130 Å². The molecule has 8 aliphatic carbocycles. The zero-order chi connectivity index (χ0) is 31.6. The van der Waals surface area contributed by atoms with Gasteiger partial charge in [-0.05, 0) is 172 Å². The van der Waals surface area contributed by atoms with Crippen LogP contribution < -0.4 is 0 Å². The molecular formula is C40H60O4Si. The molecule has 0 aromatic rings. The van der Waals surface area contributed by atoms with Crippen LogP contribution in [0.25, 0.3) is 0 Å². The molecule has 4 nitrogen and oxygen atoms in total. The summed E-state index contributed by atoms with van der Waals surface area (Å²) in [6.45, 7) is 14.9. The van der Waals surface area contributed by atoms with Gasteiger partial charge < -0.3 is 8.85 Å². The average molecular weight is 633 g/mol. The minimum Gasteiger partial charge on any atom is -0.391 e. The molecule has 0 radical (unpaired) electrons. The second-order valence-corrected chi connectivity index (χ2v) is 22.1. The third-order valence-electron chi connectivity index (χ3n) is 16.6. The lowest BCUT2D eigenvalue weighted by molar-refractivity contribution is -0.118. The second-order valence-electron chi connectivity index (χ2n) is 18.8. The Balaban J connectivity index is 0.951. The zero-order valence-corrected chi connectivity index (χ0v) is 30.2. The number of hydrogen-bond acceptors (Lipinski definition) is 4. The molecule has 45 heavy (non-hydrogen) atoms. The molecule has 0 aromatic heterocycles. The Morgan fingerprint density at radius 3 is 1.40 bits per heavy atom. The fraction of sp³-hybridized carbons (Fsp3) is 0.850. The standard InChI is InChI=1S/C40H60O4Si/c1-37-19-15-27(41)23-25(37)7-9-29-31-11-13-35(39(31,3)21-17-33(29)37)43-45(5,6)44-36-14-12-32-30-10-8-26-24-28(42)16-20-38(26,2)34(30)18-22-40(32,36)4/h23-24,29-36H,7-22H2,1-6H3. The van der Waals surface area contributed by atoms with Gasteiger partial charge in [0.25, 0.3) is 0 Å². The maximum atomic E-state index is 12.3. The van der Waals surface area contributed by atoms with Gasteiger partial charge in [0.15, 0.2) is 11.6 Å². The molecule has 0 spiro atoms. The molecule has 12 unspecified atom stereocenters. The molecule has 6 saturated carbocycles. The zero-order valence-electron chi connectivity index (χ0n) is 29.2. The smallest absolute Gasteiger partial charge is 0.332 e. The van der Waals surface area contributed by atoms with Crippen molar-refractivity contribution in [2.45, 2.75) is 156 Å². The van der Waals surface area contributed by atoms with E-state index in [0.717, 1.165) is 74.0 Å². The Kier molecular flexibility index (Phi) is 7.27. The highest BCUT2D eigenvalue weighted by atomic mass is 28.4. The van der Waals surface area contributed by atoms with Crippen molar-refractivity contribution in [3.05, 3.63) is 23.3 Å². The van der Waals surface area contributed by atoms with Gasteiger partial charge in [0.1, 0.15) is 0 Å². The molecule has 0 saturated heterocycles. The number of carbonyl (C=O) groups excluding carboxylic acids is 2. The monoisotopic (exact) mass is 632 g/mol. The molecule has 0 heterocycles. The molecular weight excluding hydrogens is 573 g/mol. The van der Waals surface area contributed by atoms with E-state index >= 15 is 0 Å². The van der Waals surface area contributed by atoms with Crippen LogP contribution in [-0.4, -0.2) is 32.3 Å². The van der Waals surface area contributed by atoms with E-state index in [2.05, 4.69) is 40.8 Å². The van der Waals surface area contributed by atoms with Crippen molar-refractivity contribution in [2.75, 3.05) is 0 Å². The first kappa shape index (κ1) is 31.2. The van der Waals surface area contributed by atoms with Gasteiger partial charge in [0.05, 0.1) is 12.2 Å². The summed E-state index contributed by atoms with van der Waals surface area (Å²) in [5, 5.41) is 0. The molecule has 0 bridgehead atoms. The third-order valence-corrected chi connectivity index (χ3v) is 18.3. The molecule has 8 rings (SSSR count). The average Bonchev–Trinajstić information content (AvgIpc) is 3.49. The minimum atomic E-state index is -2.36. The fourth-order valence-electron chi connectivity index (χ4n) is 14.1. The van der Waals surface area contributed by atoms with Crippen LogP contribution in [0.2, 0.25) is 13.1 Å². The number of carbonyl (C=O) groups is 2. The topological polar surface area (TPSA) is 52.6 Å². The predicted octanol–water partition coefficient (Wildman–Crippen LogP) is 9.52. The lowest BCUT2D eigenvalue weighted by Gasteiger charge is -2.58. The van der Waals surface area contributed by atoms with Crippen molar-refractivity contribution < 1.29 is 18.4 Å². The lowest BCUT2D eigenvalue weighted by atomic mass is 9.47. The van der Waals surface area contributed by atoms with Crippen LogP contribution in [0.4, 0.5) is 0 Å². The largest absolute Gasteiger partial charge is 0.391 e. The van der Waals surface area contributed by atoms with Crippen LogP contribution in [0, 0.1) is 57.2 Å². The van der Waals surface area contributed by atoms with E-state index in [4.69, 9.17) is 8.85 Å². The van der Waals surface area contributed by atoms with Crippen LogP contribution in [0.3, 0.4) is 0 Å². The number of fused-ring (bicyclic) bond motifs is 10. The highest BCUT2D eigenvalue weighted by molar-refractivity contribution is 6.64. The number of allylic oxidation sites excluding steroid dienone is 2. The Bertz CT molecular complexity index is 1230. The molecule has 0 amide bonds. The first-order chi connectivity index (χ1) is 21.3. The van der Waals surface area contributed by atoms with Gasteiger partial charge in [0, 0.05) is 12.8 Å². The summed E-state index contributed by atoms with van der Waals surface area (Å²) in [5.74, 6) is 5.23. The summed E-state index contributed by atoms with van der Waals surface area (Å²) >= 11 is 0. The Morgan fingerprint density at radius 2 is 0.978 bits per heavy atom. The van der Waals surface area contributed by atoms with Gasteiger partial charge in [-0.2, -0.15) is 0 Å². The maximum Gasteiger partial charge on any atom is 0.332 e. The van der Waals surface area contributed by atoms with E-state index in [1.165, 1.54) is 75.4 Å². The van der Waals surface area contributed by atoms with Crippen LogP contribution in [-0.2, 0) is 18.4 Å². The molecule has 0 N–H and O–H groups in total. The predicted molar refractivity (Wildman–Crippen MR) is 181 cm³/mol. The van der Waals surface area contributed by atoms with Crippen molar-refractivity contribution in [1.82, 2.24) is 0 Å². The summed E-state index contributed by atoms with van der Waals surface area (Å²) in [6.07, 6.45) is 23.2. The fourth-order valence-corrected chi connectivity index (χ4v) is 16.3. The van der Waals surface area contributed by atoms with Gasteiger partial charge in [-0.3, -0.25) is 9.59 Å². The van der Waals surface area contributed by atoms with E-state index in [9.17, 15) is 9.59 Å². The summed E-state index contributed by atoms with van der Waals surface area (Å²) in [4.78, 5) is 24.5. The SMILES string of the molecule is CC12CCC(=O)C=C1CCC1C2CCC2(C)C(O[Si](C)(C)OC3CCC4C5CCC6=CC(=O)CCC6(C)C5CCC34C)CCC12. The van der Waals surface area contributed by atoms with Crippen LogP contribution in [0.15, 0.2) is 23.3 Å². The molecule has 12 atom stereocenters. The third kappa shape index (κ3) is 4.61. The molecule has 5 heteroatoms. The van der Waals surface area contributed by atoms with Gasteiger partial charge in [0.2, 0.25) is 0 Å². The van der Waals surface area contributed by atoms with E-state index in [1.807, 2.05) is 12.2 Å². The van der Waals surface area contributed by atoms with Crippen molar-refractivity contribution >= 4 is 20.1 Å². The van der Waals surface area contributed by atoms with Crippen molar-refractivity contribution in [3.63, 3.8) is 0 Å². The first-order valence-corrected chi connectivity index (χ1v) is 21.9. The second kappa shape index (κ2) is 10.5. The first-order valence-electron chi connectivity index (χ1n) is 19.1. The van der Waals surface area contributed by atoms with Crippen molar-refractivity contribution in [2.24, 2.45) is 57.2 Å². The van der Waals surface area contributed by atoms with Gasteiger partial charge >= 0.3 is 8.56 Å². The summed E-state index contributed by atoms with van der Waals surface area (Å²) in [7, 11) is -2.36. The quantitative estimate of drug-likeness (QED) is 0.290. The summed E-state index contributed by atoms with van der Waals surface area (Å²) < 4.78 is 14.6. The molecule has 0 aromatic carbocycles. The van der Waals surface area contributed by atoms with Crippen molar-refractivity contribution in [1.29, 1.82) is 0 Å². The number of ketones is 2. The minimum absolute atomic E-state index is 0.240. The summed E-state index contributed by atoms with van der Waals surface area (Å²) in [5.41, 5.74) is 3.93. The van der Waals surface area contributed by atoms with Gasteiger partial charge in [-0.1, -0.05) is 38.8 Å². The van der Waals surface area contributed by atoms with Crippen molar-refractivity contribution in [3.8, 4) is 0 Å². The summed E-state index contributed by atoms with van der Waals surface area (Å²) in [6, 6.07) is 0. The molecule has 248 valence electrons. The highest BCUT2D eigenvalue weighted by Gasteiger charge is 2.62. The Hall–Kier alpha value is -1.04. The maximum absolute atomic E-state index is 12.3. The highest BCUT2D eigenvalue weighted by Crippen LogP contribution is 2.68. The van der Waals surface area contributed by atoms with Crippen LogP contribution in [0.5, 0.6) is 0 Å². The molecule has 6 fully saturated rings. The Labute approximate surface area is 274 Å². The van der Waals surface area contributed by atoms with E-state index in [1.54, 1.807) is 0 Å². The number of hydrogen-bond donors (Lipinski definition) is 0. The van der Waals surface area contributed by atoms with E-state index in [-0.39, 0.29) is 21.7 Å². The lowest BCUT2D eigenvalue weighted by Crippen LogP contribution is -2.55. The Morgan fingerprint density at radius 1 is 0.556 bits per heavy atom. The van der Waals surface area contributed by atoms with Gasteiger partial charge in [-0.15, -0.1) is 0 Å². The molecule has 8 aliphatic rings. The van der Waals surface area contributed by atoms with E-state index < -0.39 is 8.56 Å².